The molecule has 136 valence electrons. The lowest BCUT2D eigenvalue weighted by atomic mass is 10.1. The van der Waals surface area contributed by atoms with Crippen LogP contribution in [-0.2, 0) is 11.0 Å². The van der Waals surface area contributed by atoms with Gasteiger partial charge in [-0.3, -0.25) is 4.79 Å². The van der Waals surface area contributed by atoms with Crippen molar-refractivity contribution >= 4 is 29.2 Å². The minimum Gasteiger partial charge on any atom is -0.337 e. The van der Waals surface area contributed by atoms with E-state index in [0.29, 0.717) is 25.9 Å². The van der Waals surface area contributed by atoms with Crippen molar-refractivity contribution in [1.29, 1.82) is 0 Å². The van der Waals surface area contributed by atoms with Crippen molar-refractivity contribution in [3.63, 3.8) is 0 Å². The van der Waals surface area contributed by atoms with Gasteiger partial charge in [0.25, 0.3) is 0 Å². The molecule has 5 nitrogen and oxygen atoms in total. The molecule has 0 radical (unpaired) electrons. The molecule has 2 N–H and O–H groups in total. The Morgan fingerprint density at radius 3 is 2.72 bits per heavy atom. The second-order valence-corrected chi connectivity index (χ2v) is 6.03. The van der Waals surface area contributed by atoms with E-state index >= 15 is 0 Å². The summed E-state index contributed by atoms with van der Waals surface area (Å²) in [6.45, 7) is 4.31. The highest BCUT2D eigenvalue weighted by Gasteiger charge is 2.31. The van der Waals surface area contributed by atoms with Crippen molar-refractivity contribution < 1.29 is 22.8 Å². The predicted molar refractivity (Wildman–Crippen MR) is 88.4 cm³/mol. The molecule has 1 aliphatic heterocycles. The maximum atomic E-state index is 12.7. The van der Waals surface area contributed by atoms with E-state index in [4.69, 9.17) is 11.6 Å². The van der Waals surface area contributed by atoms with Crippen molar-refractivity contribution in [2.45, 2.75) is 25.1 Å². The average molecular weight is 376 g/mol. The van der Waals surface area contributed by atoms with E-state index in [9.17, 15) is 22.8 Å². The van der Waals surface area contributed by atoms with Crippen molar-refractivity contribution in [1.82, 2.24) is 10.2 Å². The minimum absolute atomic E-state index is 0.00439. The van der Waals surface area contributed by atoms with Gasteiger partial charge in [-0.15, -0.1) is 0 Å². The number of hydrogen-bond donors (Lipinski definition) is 2. The maximum absolute atomic E-state index is 12.7. The highest BCUT2D eigenvalue weighted by molar-refractivity contribution is 6.33. The summed E-state index contributed by atoms with van der Waals surface area (Å²) < 4.78 is 38.2. The third-order valence-corrected chi connectivity index (χ3v) is 4.11. The number of urea groups is 1. The topological polar surface area (TPSA) is 61.4 Å². The fraction of sp³-hybridized carbons (Fsp3) is 0.375. The molecular formula is C16H17ClF3N3O2. The lowest BCUT2D eigenvalue weighted by molar-refractivity contribution is -0.137. The second-order valence-electron chi connectivity index (χ2n) is 5.62. The summed E-state index contributed by atoms with van der Waals surface area (Å²) in [5.74, 6) is -0.229. The highest BCUT2D eigenvalue weighted by atomic mass is 35.5. The molecule has 0 saturated carbocycles. The van der Waals surface area contributed by atoms with Crippen LogP contribution in [0.4, 0.5) is 23.7 Å². The quantitative estimate of drug-likeness (QED) is 0.792. The third-order valence-electron chi connectivity index (χ3n) is 3.78. The molecule has 1 heterocycles. The van der Waals surface area contributed by atoms with Crippen LogP contribution in [0.2, 0.25) is 5.02 Å². The smallest absolute Gasteiger partial charge is 0.337 e. The van der Waals surface area contributed by atoms with Crippen molar-refractivity contribution in [2.75, 3.05) is 18.4 Å². The molecule has 1 fully saturated rings. The molecule has 1 aromatic rings. The molecule has 1 aliphatic rings. The number of anilines is 1. The Bertz CT molecular complexity index is 679. The number of carbonyl (C=O) groups is 2. The second kappa shape index (κ2) is 7.77. The summed E-state index contributed by atoms with van der Waals surface area (Å²) >= 11 is 5.84. The Morgan fingerprint density at radius 2 is 2.08 bits per heavy atom. The summed E-state index contributed by atoms with van der Waals surface area (Å²) in [6, 6.07) is 1.70. The number of nitrogens with one attached hydrogen (secondary N) is 2. The average Bonchev–Trinajstić information content (AvgIpc) is 2.55. The van der Waals surface area contributed by atoms with E-state index in [0.717, 1.165) is 18.2 Å². The Morgan fingerprint density at radius 1 is 1.36 bits per heavy atom. The van der Waals surface area contributed by atoms with Gasteiger partial charge < -0.3 is 15.5 Å². The summed E-state index contributed by atoms with van der Waals surface area (Å²) in [5.41, 5.74) is -1.04. The van der Waals surface area contributed by atoms with Gasteiger partial charge in [-0.2, -0.15) is 13.2 Å². The lowest BCUT2D eigenvalue weighted by Gasteiger charge is -2.32. The molecule has 25 heavy (non-hydrogen) atoms. The normalized spacial score (nSPS) is 17.8. The molecule has 2 rings (SSSR count). The number of halogens is 4. The fourth-order valence-corrected chi connectivity index (χ4v) is 2.73. The first-order valence-corrected chi connectivity index (χ1v) is 7.94. The van der Waals surface area contributed by atoms with Gasteiger partial charge in [-0.1, -0.05) is 18.2 Å². The summed E-state index contributed by atoms with van der Waals surface area (Å²) in [5, 5.41) is 4.96. The van der Waals surface area contributed by atoms with Gasteiger partial charge in [0.1, 0.15) is 0 Å². The number of likely N-dealkylation sites (tertiary alicyclic amines) is 1. The maximum Gasteiger partial charge on any atom is 0.416 e. The molecule has 1 atom stereocenters. The largest absolute Gasteiger partial charge is 0.416 e. The minimum atomic E-state index is -4.54. The van der Waals surface area contributed by atoms with Gasteiger partial charge in [0.05, 0.1) is 16.3 Å². The number of amides is 3. The van der Waals surface area contributed by atoms with Crippen molar-refractivity contribution in [3.8, 4) is 0 Å². The Balaban J connectivity index is 2.00. The zero-order chi connectivity index (χ0) is 18.6. The van der Waals surface area contributed by atoms with Crippen LogP contribution < -0.4 is 10.6 Å². The van der Waals surface area contributed by atoms with E-state index in [1.807, 2.05) is 0 Å². The van der Waals surface area contributed by atoms with Crippen LogP contribution in [0.25, 0.3) is 0 Å². The molecule has 0 bridgehead atoms. The van der Waals surface area contributed by atoms with E-state index in [2.05, 4.69) is 17.2 Å². The SMILES string of the molecule is C=CC(=O)N1CCC[C@H](NC(=O)Nc2cc(C(F)(F)F)ccc2Cl)C1. The van der Waals surface area contributed by atoms with E-state index in [1.54, 1.807) is 4.90 Å². The Labute approximate surface area is 147 Å². The van der Waals surface area contributed by atoms with Crippen molar-refractivity contribution in [3.05, 3.63) is 41.4 Å². The number of benzene rings is 1. The Kier molecular flexibility index (Phi) is 5.94. The molecular weight excluding hydrogens is 359 g/mol. The molecule has 0 aliphatic carbocycles. The number of alkyl halides is 3. The number of nitrogens with zero attached hydrogens (tertiary/aromatic N) is 1. The third kappa shape index (κ3) is 5.12. The van der Waals surface area contributed by atoms with Gasteiger partial charge >= 0.3 is 12.2 Å². The van der Waals surface area contributed by atoms with Crippen LogP contribution in [0.3, 0.4) is 0 Å². The van der Waals surface area contributed by atoms with Crippen LogP contribution >= 0.6 is 11.6 Å². The molecule has 9 heteroatoms. The predicted octanol–water partition coefficient (Wildman–Crippen LogP) is 3.66. The molecule has 1 aromatic carbocycles. The zero-order valence-corrected chi connectivity index (χ0v) is 14.0. The first-order valence-electron chi connectivity index (χ1n) is 7.56. The van der Waals surface area contributed by atoms with E-state index in [-0.39, 0.29) is 22.7 Å². The molecule has 0 aromatic heterocycles. The van der Waals surface area contributed by atoms with Crippen LogP contribution in [0.15, 0.2) is 30.9 Å². The van der Waals surface area contributed by atoms with Crippen LogP contribution in [-0.4, -0.2) is 36.0 Å². The van der Waals surface area contributed by atoms with E-state index < -0.39 is 17.8 Å². The van der Waals surface area contributed by atoms with Gasteiger partial charge in [-0.05, 0) is 37.1 Å². The summed E-state index contributed by atoms with van der Waals surface area (Å²) in [6.07, 6.45) is -1.98. The molecule has 3 amide bonds. The van der Waals surface area contributed by atoms with Crippen LogP contribution in [0.1, 0.15) is 18.4 Å². The van der Waals surface area contributed by atoms with E-state index in [1.165, 1.54) is 6.08 Å². The lowest BCUT2D eigenvalue weighted by Crippen LogP contribution is -2.50. The van der Waals surface area contributed by atoms with Gasteiger partial charge in [0, 0.05) is 19.1 Å². The summed E-state index contributed by atoms with van der Waals surface area (Å²) in [7, 11) is 0. The molecule has 0 spiro atoms. The standard InChI is InChI=1S/C16H17ClF3N3O2/c1-2-14(24)23-7-3-4-11(9-23)21-15(25)22-13-8-10(16(18,19)20)5-6-12(13)17/h2,5-6,8,11H,1,3-4,7,9H2,(H2,21,22,25)/t11-/m0/s1. The van der Waals surface area contributed by atoms with Crippen LogP contribution in [0, 0.1) is 0 Å². The number of carbonyl (C=O) groups excluding carboxylic acids is 2. The fourth-order valence-electron chi connectivity index (χ4n) is 2.57. The number of rotatable bonds is 3. The summed E-state index contributed by atoms with van der Waals surface area (Å²) in [4.78, 5) is 25.2. The molecule has 0 unspecified atom stereocenters. The van der Waals surface area contributed by atoms with Gasteiger partial charge in [0.2, 0.25) is 5.91 Å². The Hall–Kier alpha value is -2.22. The monoisotopic (exact) mass is 375 g/mol. The highest BCUT2D eigenvalue weighted by Crippen LogP contribution is 2.33. The van der Waals surface area contributed by atoms with Gasteiger partial charge in [0.15, 0.2) is 0 Å². The zero-order valence-electron chi connectivity index (χ0n) is 13.2. The number of piperidine rings is 1. The first kappa shape index (κ1) is 19.1. The number of hydrogen-bond acceptors (Lipinski definition) is 2. The van der Waals surface area contributed by atoms with Crippen molar-refractivity contribution in [2.24, 2.45) is 0 Å². The first-order chi connectivity index (χ1) is 11.7. The van der Waals surface area contributed by atoms with Gasteiger partial charge in [-0.25, -0.2) is 4.79 Å². The molecule has 1 saturated heterocycles. The van der Waals surface area contributed by atoms with Crippen LogP contribution in [0.5, 0.6) is 0 Å².